The van der Waals surface area contributed by atoms with Gasteiger partial charge < -0.3 is 20.5 Å². The van der Waals surface area contributed by atoms with Gasteiger partial charge in [-0.3, -0.25) is 9.59 Å². The third-order valence-electron chi connectivity index (χ3n) is 7.95. The molecular formula is C25H37FN2O4. The largest absolute Gasteiger partial charge is 0.392 e. The lowest BCUT2D eigenvalue weighted by molar-refractivity contribution is -0.144. The number of hydrogen-bond donors (Lipinski definition) is 3. The van der Waals surface area contributed by atoms with Crippen LogP contribution >= 0.6 is 0 Å². The quantitative estimate of drug-likeness (QED) is 0.598. The van der Waals surface area contributed by atoms with Crippen molar-refractivity contribution in [3.05, 3.63) is 35.6 Å². The number of halogens is 1. The zero-order valence-corrected chi connectivity index (χ0v) is 19.6. The number of ether oxygens (including phenoxy) is 1. The molecule has 0 bridgehead atoms. The van der Waals surface area contributed by atoms with Crippen molar-refractivity contribution in [3.8, 4) is 0 Å². The SMILES string of the molecule is COCC(=O)NC1CCC2(C)CCC(C(C)C(=O)NCc3ccc(F)cc3)C(O)C2C1C. The standard InChI is InChI=1S/C25H37FN2O4/c1-15(24(31)27-13-17-5-7-18(26)8-6-17)19-9-11-25(3)12-10-20(28-21(29)14-32-4)16(2)22(25)23(19)30/h5-8,15-16,19-20,22-23,30H,9-14H2,1-4H3,(H,27,31)(H,28,29). The summed E-state index contributed by atoms with van der Waals surface area (Å²) < 4.78 is 18.0. The van der Waals surface area contributed by atoms with E-state index in [4.69, 9.17) is 4.74 Å². The Morgan fingerprint density at radius 1 is 1.25 bits per heavy atom. The van der Waals surface area contributed by atoms with Crippen LogP contribution in [0.25, 0.3) is 0 Å². The Bertz CT molecular complexity index is 802. The van der Waals surface area contributed by atoms with Crippen LogP contribution in [0.3, 0.4) is 0 Å². The fourth-order valence-corrected chi connectivity index (χ4v) is 6.02. The van der Waals surface area contributed by atoms with Crippen molar-refractivity contribution < 1.29 is 23.8 Å². The van der Waals surface area contributed by atoms with Crippen LogP contribution in [0, 0.1) is 34.9 Å². The van der Waals surface area contributed by atoms with Gasteiger partial charge in [-0.05, 0) is 66.5 Å². The molecule has 32 heavy (non-hydrogen) atoms. The van der Waals surface area contributed by atoms with E-state index in [9.17, 15) is 19.1 Å². The molecule has 0 spiro atoms. The van der Waals surface area contributed by atoms with Crippen LogP contribution in [-0.4, -0.2) is 42.8 Å². The Kier molecular flexibility index (Phi) is 7.93. The summed E-state index contributed by atoms with van der Waals surface area (Å²) in [4.78, 5) is 24.9. The second kappa shape index (κ2) is 10.3. The molecule has 7 atom stereocenters. The van der Waals surface area contributed by atoms with Crippen molar-refractivity contribution in [2.75, 3.05) is 13.7 Å². The zero-order valence-electron chi connectivity index (χ0n) is 19.6. The summed E-state index contributed by atoms with van der Waals surface area (Å²) in [5.74, 6) is -0.918. The first kappa shape index (κ1) is 24.6. The maximum Gasteiger partial charge on any atom is 0.246 e. The fraction of sp³-hybridized carbons (Fsp3) is 0.680. The van der Waals surface area contributed by atoms with E-state index in [0.29, 0.717) is 6.54 Å². The number of amides is 2. The van der Waals surface area contributed by atoms with E-state index in [1.807, 2.05) is 6.92 Å². The van der Waals surface area contributed by atoms with E-state index in [1.54, 1.807) is 12.1 Å². The van der Waals surface area contributed by atoms with Gasteiger partial charge in [0, 0.05) is 25.6 Å². The van der Waals surface area contributed by atoms with Crippen LogP contribution in [0.15, 0.2) is 24.3 Å². The summed E-state index contributed by atoms with van der Waals surface area (Å²) in [7, 11) is 1.50. The molecule has 178 valence electrons. The summed E-state index contributed by atoms with van der Waals surface area (Å²) in [6, 6.07) is 6.06. The summed E-state index contributed by atoms with van der Waals surface area (Å²) in [5, 5.41) is 17.4. The van der Waals surface area contributed by atoms with E-state index in [2.05, 4.69) is 24.5 Å². The normalized spacial score (nSPS) is 33.1. The van der Waals surface area contributed by atoms with E-state index in [-0.39, 0.29) is 59.4 Å². The van der Waals surface area contributed by atoms with Crippen molar-refractivity contribution in [3.63, 3.8) is 0 Å². The Balaban J connectivity index is 1.65. The molecule has 2 saturated carbocycles. The van der Waals surface area contributed by atoms with E-state index in [1.165, 1.54) is 19.2 Å². The van der Waals surface area contributed by atoms with Crippen molar-refractivity contribution in [1.82, 2.24) is 10.6 Å². The van der Waals surface area contributed by atoms with Crippen LogP contribution in [0.1, 0.15) is 52.0 Å². The van der Waals surface area contributed by atoms with Crippen LogP contribution in [0.5, 0.6) is 0 Å². The monoisotopic (exact) mass is 448 g/mol. The lowest BCUT2D eigenvalue weighted by Crippen LogP contribution is -2.58. The summed E-state index contributed by atoms with van der Waals surface area (Å²) in [5.41, 5.74) is 0.835. The first-order valence-electron chi connectivity index (χ1n) is 11.6. The highest BCUT2D eigenvalue weighted by molar-refractivity contribution is 5.78. The molecule has 0 radical (unpaired) electrons. The Morgan fingerprint density at radius 2 is 1.91 bits per heavy atom. The molecule has 1 aromatic carbocycles. The third-order valence-corrected chi connectivity index (χ3v) is 7.95. The second-order valence-electron chi connectivity index (χ2n) is 10.0. The van der Waals surface area contributed by atoms with Crippen molar-refractivity contribution in [2.24, 2.45) is 29.1 Å². The minimum Gasteiger partial charge on any atom is -0.392 e. The van der Waals surface area contributed by atoms with Crippen LogP contribution in [-0.2, 0) is 20.9 Å². The number of hydrogen-bond acceptors (Lipinski definition) is 4. The van der Waals surface area contributed by atoms with Crippen molar-refractivity contribution in [2.45, 2.75) is 65.1 Å². The number of carbonyl (C=O) groups is 2. The highest BCUT2D eigenvalue weighted by Crippen LogP contribution is 2.55. The molecule has 2 aliphatic rings. The van der Waals surface area contributed by atoms with Gasteiger partial charge in [0.1, 0.15) is 12.4 Å². The fourth-order valence-electron chi connectivity index (χ4n) is 6.02. The highest BCUT2D eigenvalue weighted by atomic mass is 19.1. The summed E-state index contributed by atoms with van der Waals surface area (Å²) in [6.45, 7) is 6.58. The number of rotatable bonds is 7. The number of benzene rings is 1. The van der Waals surface area contributed by atoms with Gasteiger partial charge in [0.05, 0.1) is 6.10 Å². The summed E-state index contributed by atoms with van der Waals surface area (Å²) in [6.07, 6.45) is 2.96. The minimum absolute atomic E-state index is 0.00211. The predicted octanol–water partition coefficient (Wildman–Crippen LogP) is 3.03. The molecule has 2 fully saturated rings. The topological polar surface area (TPSA) is 87.7 Å². The third kappa shape index (κ3) is 5.31. The molecule has 7 unspecified atom stereocenters. The second-order valence-corrected chi connectivity index (χ2v) is 10.0. The number of aliphatic hydroxyl groups is 1. The molecule has 6 nitrogen and oxygen atoms in total. The van der Waals surface area contributed by atoms with Gasteiger partial charge in [-0.1, -0.05) is 32.9 Å². The van der Waals surface area contributed by atoms with Gasteiger partial charge in [-0.25, -0.2) is 4.39 Å². The number of fused-ring (bicyclic) bond motifs is 1. The van der Waals surface area contributed by atoms with E-state index >= 15 is 0 Å². The Labute approximate surface area is 190 Å². The van der Waals surface area contributed by atoms with Gasteiger partial charge in [-0.15, -0.1) is 0 Å². The Hall–Kier alpha value is -1.99. The molecule has 7 heteroatoms. The molecule has 2 aliphatic carbocycles. The summed E-state index contributed by atoms with van der Waals surface area (Å²) >= 11 is 0. The minimum atomic E-state index is -0.613. The van der Waals surface area contributed by atoms with Crippen LogP contribution in [0.2, 0.25) is 0 Å². The first-order chi connectivity index (χ1) is 15.2. The van der Waals surface area contributed by atoms with Crippen molar-refractivity contribution >= 4 is 11.8 Å². The maximum atomic E-state index is 13.1. The van der Waals surface area contributed by atoms with Gasteiger partial charge in [0.25, 0.3) is 0 Å². The van der Waals surface area contributed by atoms with Gasteiger partial charge in [-0.2, -0.15) is 0 Å². The van der Waals surface area contributed by atoms with Gasteiger partial charge in [0.2, 0.25) is 11.8 Å². The van der Waals surface area contributed by atoms with Crippen LogP contribution < -0.4 is 10.6 Å². The molecule has 3 N–H and O–H groups in total. The number of carbonyl (C=O) groups excluding carboxylic acids is 2. The van der Waals surface area contributed by atoms with Gasteiger partial charge in [0.15, 0.2) is 0 Å². The Morgan fingerprint density at radius 3 is 2.56 bits per heavy atom. The lowest BCUT2D eigenvalue weighted by Gasteiger charge is -2.56. The number of nitrogens with one attached hydrogen (secondary N) is 2. The smallest absolute Gasteiger partial charge is 0.246 e. The molecule has 1 aromatic rings. The number of aliphatic hydroxyl groups excluding tert-OH is 1. The maximum absolute atomic E-state index is 13.1. The van der Waals surface area contributed by atoms with E-state index in [0.717, 1.165) is 31.2 Å². The van der Waals surface area contributed by atoms with Gasteiger partial charge >= 0.3 is 0 Å². The van der Waals surface area contributed by atoms with E-state index < -0.39 is 6.10 Å². The first-order valence-corrected chi connectivity index (χ1v) is 11.6. The molecule has 3 rings (SSSR count). The predicted molar refractivity (Wildman–Crippen MR) is 120 cm³/mol. The average molecular weight is 449 g/mol. The lowest BCUT2D eigenvalue weighted by atomic mass is 9.51. The average Bonchev–Trinajstić information content (AvgIpc) is 2.75. The molecule has 2 amide bonds. The highest BCUT2D eigenvalue weighted by Gasteiger charge is 2.53. The zero-order chi connectivity index (χ0) is 23.5. The molecule has 0 heterocycles. The van der Waals surface area contributed by atoms with Crippen LogP contribution in [0.4, 0.5) is 4.39 Å². The van der Waals surface area contributed by atoms with Crippen molar-refractivity contribution in [1.29, 1.82) is 0 Å². The molecular weight excluding hydrogens is 411 g/mol. The molecule has 0 aromatic heterocycles. The number of methoxy groups -OCH3 is 1. The molecule has 0 aliphatic heterocycles. The molecule has 0 saturated heterocycles.